The fourth-order valence-electron chi connectivity index (χ4n) is 4.82. The molecule has 228 valence electrons. The van der Waals surface area contributed by atoms with E-state index in [9.17, 15) is 15.0 Å². The van der Waals surface area contributed by atoms with E-state index >= 15 is 0 Å². The first kappa shape index (κ1) is 30.5. The Bertz CT molecular complexity index is 1780. The minimum absolute atomic E-state index is 0.123. The van der Waals surface area contributed by atoms with Gasteiger partial charge in [0.05, 0.1) is 18.8 Å². The summed E-state index contributed by atoms with van der Waals surface area (Å²) >= 11 is 0. The Morgan fingerprint density at radius 1 is 0.909 bits per heavy atom. The number of hydrogen-bond acceptors (Lipinski definition) is 9. The number of rotatable bonds is 12. The number of aliphatic hydroxyl groups is 1. The third-order valence-corrected chi connectivity index (χ3v) is 7.09. The first-order valence-electron chi connectivity index (χ1n) is 14.6. The summed E-state index contributed by atoms with van der Waals surface area (Å²) in [6.45, 7) is 7.81. The zero-order valence-corrected chi connectivity index (χ0v) is 25.3. The first-order chi connectivity index (χ1) is 21.2. The van der Waals surface area contributed by atoms with Crippen molar-refractivity contribution in [2.24, 2.45) is 0 Å². The van der Waals surface area contributed by atoms with Crippen LogP contribution in [0.15, 0.2) is 82.1 Å². The monoisotopic (exact) mass is 596 g/mol. The third kappa shape index (κ3) is 6.81. The molecule has 2 aromatic heterocycles. The molecule has 0 saturated carbocycles. The van der Waals surface area contributed by atoms with E-state index in [1.807, 2.05) is 55.5 Å². The molecule has 10 nitrogen and oxygen atoms in total. The van der Waals surface area contributed by atoms with E-state index in [2.05, 4.69) is 17.1 Å². The molecule has 0 unspecified atom stereocenters. The number of aromatic nitrogens is 4. The Morgan fingerprint density at radius 3 is 2.20 bits per heavy atom. The van der Waals surface area contributed by atoms with Crippen molar-refractivity contribution in [1.29, 1.82) is 0 Å². The largest absolute Gasteiger partial charge is 0.485 e. The lowest BCUT2D eigenvalue weighted by Gasteiger charge is -2.24. The molecular formula is C34H36N4O6. The highest BCUT2D eigenvalue weighted by molar-refractivity contribution is 5.80. The van der Waals surface area contributed by atoms with Crippen molar-refractivity contribution in [2.45, 2.75) is 59.1 Å². The molecule has 5 aromatic rings. The second kappa shape index (κ2) is 13.1. The van der Waals surface area contributed by atoms with Gasteiger partial charge in [-0.3, -0.25) is 13.9 Å². The zero-order valence-electron chi connectivity index (χ0n) is 25.3. The van der Waals surface area contributed by atoms with Crippen LogP contribution in [-0.2, 0) is 19.4 Å². The number of aliphatic hydroxyl groups excluding tert-OH is 1. The Morgan fingerprint density at radius 2 is 1.59 bits per heavy atom. The van der Waals surface area contributed by atoms with Gasteiger partial charge in [-0.2, -0.15) is 4.98 Å². The summed E-state index contributed by atoms with van der Waals surface area (Å²) in [5, 5.41) is 22.9. The lowest BCUT2D eigenvalue weighted by atomic mass is 9.98. The predicted octanol–water partition coefficient (Wildman–Crippen LogP) is 6.17. The maximum atomic E-state index is 13.9. The summed E-state index contributed by atoms with van der Waals surface area (Å²) in [6, 6.07) is 22.5. The van der Waals surface area contributed by atoms with E-state index in [1.165, 1.54) is 0 Å². The summed E-state index contributed by atoms with van der Waals surface area (Å²) in [5.41, 5.74) is 3.10. The van der Waals surface area contributed by atoms with E-state index in [0.29, 0.717) is 48.2 Å². The minimum Gasteiger partial charge on any atom is -0.485 e. The van der Waals surface area contributed by atoms with E-state index in [0.717, 1.165) is 28.7 Å². The number of nitrogens with zero attached hydrogens (tertiary/aromatic N) is 4. The fraction of sp³-hybridized carbons (Fsp3) is 0.294. The number of benzene rings is 3. The summed E-state index contributed by atoms with van der Waals surface area (Å²) in [5.74, 6) is 2.28. The lowest BCUT2D eigenvalue weighted by molar-refractivity contribution is 0.0412. The molecule has 0 saturated heterocycles. The molecular weight excluding hydrogens is 560 g/mol. The van der Waals surface area contributed by atoms with Crippen molar-refractivity contribution < 1.29 is 24.2 Å². The number of ether oxygens (including phenoxy) is 2. The lowest BCUT2D eigenvalue weighted by Crippen LogP contribution is -2.32. The van der Waals surface area contributed by atoms with Crippen LogP contribution in [0, 0.1) is 0 Å². The molecule has 0 fully saturated rings. The van der Waals surface area contributed by atoms with E-state index in [1.54, 1.807) is 42.7 Å². The van der Waals surface area contributed by atoms with Crippen LogP contribution in [0.3, 0.4) is 0 Å². The van der Waals surface area contributed by atoms with Crippen LogP contribution >= 0.6 is 0 Å². The second-order valence-corrected chi connectivity index (χ2v) is 11.0. The average molecular weight is 597 g/mol. The summed E-state index contributed by atoms with van der Waals surface area (Å²) in [6.07, 6.45) is 1.54. The van der Waals surface area contributed by atoms with Crippen molar-refractivity contribution in [3.63, 3.8) is 0 Å². The summed E-state index contributed by atoms with van der Waals surface area (Å²) < 4.78 is 18.4. The van der Waals surface area contributed by atoms with Gasteiger partial charge in [0.2, 0.25) is 11.6 Å². The minimum atomic E-state index is -0.718. The van der Waals surface area contributed by atoms with Crippen molar-refractivity contribution in [1.82, 2.24) is 19.7 Å². The predicted molar refractivity (Wildman–Crippen MR) is 166 cm³/mol. The first-order valence-corrected chi connectivity index (χ1v) is 14.6. The van der Waals surface area contributed by atoms with Gasteiger partial charge in [0, 0.05) is 12.0 Å². The van der Waals surface area contributed by atoms with Crippen LogP contribution in [0.2, 0.25) is 0 Å². The summed E-state index contributed by atoms with van der Waals surface area (Å²) in [4.78, 5) is 22.8. The molecule has 0 aliphatic heterocycles. The van der Waals surface area contributed by atoms with Crippen molar-refractivity contribution in [2.75, 3.05) is 6.61 Å². The average Bonchev–Trinajstić information content (AvgIpc) is 3.47. The maximum absolute atomic E-state index is 13.9. The molecule has 0 spiro atoms. The number of aryl methyl sites for hydroxylation is 2. The van der Waals surface area contributed by atoms with Crippen LogP contribution in [0.4, 0.5) is 0 Å². The third-order valence-electron chi connectivity index (χ3n) is 7.09. The van der Waals surface area contributed by atoms with Crippen LogP contribution in [-0.4, -0.2) is 42.1 Å². The quantitative estimate of drug-likeness (QED) is 0.173. The van der Waals surface area contributed by atoms with E-state index in [4.69, 9.17) is 19.0 Å². The van der Waals surface area contributed by atoms with Crippen LogP contribution in [0.5, 0.6) is 23.3 Å². The van der Waals surface area contributed by atoms with Gasteiger partial charge < -0.3 is 19.7 Å². The Hall–Kier alpha value is -4.96. The molecule has 0 amide bonds. The summed E-state index contributed by atoms with van der Waals surface area (Å²) in [7, 11) is 0. The molecule has 2 N–H and O–H groups in total. The molecule has 0 atom stereocenters. The Kier molecular flexibility index (Phi) is 9.10. The zero-order chi connectivity index (χ0) is 31.3. The van der Waals surface area contributed by atoms with Gasteiger partial charge in [0.25, 0.3) is 5.56 Å². The topological polar surface area (TPSA) is 133 Å². The van der Waals surface area contributed by atoms with Gasteiger partial charge in [-0.25, -0.2) is 4.98 Å². The SMILES string of the molecule is CCCc1nc(CC)c(Oc2ccc(OC(C)(C)CO)cc2)c(=O)n1Cc1ccc(-c2ccccc2-c2noc(O)n2)cc1. The highest BCUT2D eigenvalue weighted by Gasteiger charge is 2.20. The molecule has 2 heterocycles. The van der Waals surface area contributed by atoms with Gasteiger partial charge >= 0.3 is 6.08 Å². The van der Waals surface area contributed by atoms with Crippen molar-refractivity contribution in [3.05, 3.63) is 100 Å². The standard InChI is InChI=1S/C34H36N4O6/c1-5-9-29-35-28(6-2)30(42-24-16-18-25(19-17-24)43-34(3,4)21-39)32(40)38(29)20-22-12-14-23(15-13-22)26-10-7-8-11-27(26)31-36-33(41)44-37-31/h7-8,10-19,39H,5-6,9,20-21H2,1-4H3,(H,36,37,41). The van der Waals surface area contributed by atoms with Gasteiger partial charge in [0.15, 0.2) is 0 Å². The highest BCUT2D eigenvalue weighted by Crippen LogP contribution is 2.31. The smallest absolute Gasteiger partial charge is 0.415 e. The normalized spacial score (nSPS) is 11.5. The molecule has 0 aliphatic carbocycles. The fourth-order valence-corrected chi connectivity index (χ4v) is 4.82. The van der Waals surface area contributed by atoms with Crippen LogP contribution < -0.4 is 15.0 Å². The number of hydrogen-bond donors (Lipinski definition) is 2. The molecule has 3 aromatic carbocycles. The Labute approximate surface area is 255 Å². The van der Waals surface area contributed by atoms with E-state index in [-0.39, 0.29) is 17.9 Å². The van der Waals surface area contributed by atoms with Crippen molar-refractivity contribution in [3.8, 4) is 45.8 Å². The van der Waals surface area contributed by atoms with E-state index < -0.39 is 11.7 Å². The Balaban J connectivity index is 1.44. The molecule has 0 aliphatic rings. The van der Waals surface area contributed by atoms with Crippen LogP contribution in [0.25, 0.3) is 22.5 Å². The molecule has 44 heavy (non-hydrogen) atoms. The molecule has 5 rings (SSSR count). The number of aromatic hydroxyl groups is 1. The second-order valence-electron chi connectivity index (χ2n) is 11.0. The molecule has 10 heteroatoms. The molecule has 0 bridgehead atoms. The van der Waals surface area contributed by atoms with Crippen LogP contribution in [0.1, 0.15) is 51.2 Å². The van der Waals surface area contributed by atoms with Gasteiger partial charge in [-0.1, -0.05) is 67.5 Å². The van der Waals surface area contributed by atoms with Crippen molar-refractivity contribution >= 4 is 0 Å². The molecule has 0 radical (unpaired) electrons. The maximum Gasteiger partial charge on any atom is 0.415 e. The van der Waals surface area contributed by atoms with Gasteiger partial charge in [0.1, 0.15) is 22.9 Å². The van der Waals surface area contributed by atoms with Gasteiger partial charge in [-0.15, -0.1) is 0 Å². The van der Waals surface area contributed by atoms with Gasteiger partial charge in [-0.05, 0) is 67.6 Å². The highest BCUT2D eigenvalue weighted by atomic mass is 16.6.